The predicted molar refractivity (Wildman–Crippen MR) is 129 cm³/mol. The number of imidazole rings is 1. The van der Waals surface area contributed by atoms with E-state index in [4.69, 9.17) is 39.5 Å². The third kappa shape index (κ3) is 4.81. The van der Waals surface area contributed by atoms with Gasteiger partial charge in [-0.1, -0.05) is 40.9 Å². The molecule has 0 aliphatic heterocycles. The van der Waals surface area contributed by atoms with Crippen molar-refractivity contribution >= 4 is 69.2 Å². The van der Waals surface area contributed by atoms with Gasteiger partial charge in [0.15, 0.2) is 0 Å². The maximum atomic E-state index is 12.7. The van der Waals surface area contributed by atoms with Crippen LogP contribution in [0.15, 0.2) is 54.7 Å². The molecule has 10 heteroatoms. The number of amides is 1. The van der Waals surface area contributed by atoms with Gasteiger partial charge in [0, 0.05) is 30.4 Å². The van der Waals surface area contributed by atoms with Crippen molar-refractivity contribution in [1.82, 2.24) is 14.5 Å². The van der Waals surface area contributed by atoms with Crippen LogP contribution in [0.5, 0.6) is 0 Å². The average Bonchev–Trinajstić information content (AvgIpc) is 3.11. The molecule has 4 rings (SSSR count). The molecule has 0 fully saturated rings. The fraction of sp³-hybridized carbons (Fsp3) is 0.136. The lowest BCUT2D eigenvalue weighted by Gasteiger charge is -2.12. The number of carbonyl (C=O) groups is 1. The predicted octanol–water partition coefficient (Wildman–Crippen LogP) is 6.03. The second-order valence-corrected chi connectivity index (χ2v) is 8.07. The average molecular weight is 491 g/mol. The summed E-state index contributed by atoms with van der Waals surface area (Å²) in [6.45, 7) is 1.01. The normalized spacial score (nSPS) is 11.0. The molecule has 4 aromatic rings. The van der Waals surface area contributed by atoms with Crippen molar-refractivity contribution in [2.45, 2.75) is 6.54 Å². The number of para-hydroxylation sites is 1. The molecule has 1 amide bonds. The Kier molecular flexibility index (Phi) is 6.81. The molecular formula is C22H18Cl3N5O2. The lowest BCUT2D eigenvalue weighted by molar-refractivity contribution is 0.102. The van der Waals surface area contributed by atoms with Crippen molar-refractivity contribution in [2.24, 2.45) is 0 Å². The number of nitrogens with one attached hydrogen (secondary N) is 2. The standard InChI is InChI=1S/C22H18Cl3N5O2/c1-32-10-9-30-18-6-5-13(21(31)28-19-12-14(23)7-8-26-19)11-17(18)27-22(30)29-20-15(24)3-2-4-16(20)25/h2-8,11-12H,9-10H2,1H3,(H,27,29)(H,26,28,31). The fourth-order valence-corrected chi connectivity index (χ4v) is 3.82. The molecule has 0 radical (unpaired) electrons. The molecule has 2 aromatic heterocycles. The van der Waals surface area contributed by atoms with Crippen LogP contribution in [0.4, 0.5) is 17.5 Å². The van der Waals surface area contributed by atoms with Gasteiger partial charge in [0.2, 0.25) is 5.95 Å². The third-order valence-electron chi connectivity index (χ3n) is 4.69. The van der Waals surface area contributed by atoms with Gasteiger partial charge in [-0.15, -0.1) is 0 Å². The largest absolute Gasteiger partial charge is 0.383 e. The second kappa shape index (κ2) is 9.75. The smallest absolute Gasteiger partial charge is 0.256 e. The van der Waals surface area contributed by atoms with E-state index in [0.29, 0.717) is 56.8 Å². The van der Waals surface area contributed by atoms with Crippen LogP contribution in [0.3, 0.4) is 0 Å². The molecule has 0 aliphatic rings. The summed E-state index contributed by atoms with van der Waals surface area (Å²) in [6.07, 6.45) is 1.52. The summed E-state index contributed by atoms with van der Waals surface area (Å²) >= 11 is 18.6. The fourth-order valence-electron chi connectivity index (χ4n) is 3.17. The van der Waals surface area contributed by atoms with Crippen LogP contribution in [-0.2, 0) is 11.3 Å². The first-order chi connectivity index (χ1) is 15.5. The van der Waals surface area contributed by atoms with E-state index in [1.54, 1.807) is 49.6 Å². The molecule has 0 saturated carbocycles. The first-order valence-electron chi connectivity index (χ1n) is 9.59. The van der Waals surface area contributed by atoms with E-state index in [0.717, 1.165) is 5.52 Å². The lowest BCUT2D eigenvalue weighted by Crippen LogP contribution is -2.13. The zero-order valence-corrected chi connectivity index (χ0v) is 19.2. The van der Waals surface area contributed by atoms with Crippen LogP contribution in [0, 0.1) is 0 Å². The highest BCUT2D eigenvalue weighted by Gasteiger charge is 2.16. The van der Waals surface area contributed by atoms with E-state index in [-0.39, 0.29) is 5.91 Å². The summed E-state index contributed by atoms with van der Waals surface area (Å²) in [5, 5.41) is 7.37. The minimum Gasteiger partial charge on any atom is -0.383 e. The summed E-state index contributed by atoms with van der Waals surface area (Å²) in [7, 11) is 1.63. The quantitative estimate of drug-likeness (QED) is 0.330. The minimum absolute atomic E-state index is 0.322. The molecule has 0 unspecified atom stereocenters. The molecule has 7 nitrogen and oxygen atoms in total. The number of hydrogen-bond acceptors (Lipinski definition) is 5. The van der Waals surface area contributed by atoms with Gasteiger partial charge in [0.1, 0.15) is 5.82 Å². The molecule has 2 heterocycles. The number of nitrogens with zero attached hydrogens (tertiary/aromatic N) is 3. The first-order valence-corrected chi connectivity index (χ1v) is 10.7. The maximum absolute atomic E-state index is 12.7. The van der Waals surface area contributed by atoms with Crippen LogP contribution < -0.4 is 10.6 Å². The number of hydrogen-bond donors (Lipinski definition) is 2. The number of carbonyl (C=O) groups excluding carboxylic acids is 1. The number of fused-ring (bicyclic) bond motifs is 1. The number of aromatic nitrogens is 3. The lowest BCUT2D eigenvalue weighted by atomic mass is 10.2. The topological polar surface area (TPSA) is 81.1 Å². The van der Waals surface area contributed by atoms with Gasteiger partial charge >= 0.3 is 0 Å². The Hall–Kier alpha value is -2.84. The Morgan fingerprint density at radius 2 is 1.88 bits per heavy atom. The summed E-state index contributed by atoms with van der Waals surface area (Å²) in [5.74, 6) is 0.571. The van der Waals surface area contributed by atoms with Gasteiger partial charge < -0.3 is 19.9 Å². The Labute approximate surface area is 199 Å². The summed E-state index contributed by atoms with van der Waals surface area (Å²) < 4.78 is 7.19. The van der Waals surface area contributed by atoms with Crippen molar-refractivity contribution in [3.8, 4) is 0 Å². The SMILES string of the molecule is COCCn1c(Nc2c(Cl)cccc2Cl)nc2cc(C(=O)Nc3cc(Cl)ccn3)ccc21. The minimum atomic E-state index is -0.322. The van der Waals surface area contributed by atoms with Crippen LogP contribution in [0.1, 0.15) is 10.4 Å². The Morgan fingerprint density at radius 3 is 2.59 bits per heavy atom. The summed E-state index contributed by atoms with van der Waals surface area (Å²) in [5.41, 5.74) is 2.43. The molecule has 2 aromatic carbocycles. The van der Waals surface area contributed by atoms with E-state index in [2.05, 4.69) is 20.6 Å². The van der Waals surface area contributed by atoms with Crippen molar-refractivity contribution in [1.29, 1.82) is 0 Å². The zero-order chi connectivity index (χ0) is 22.7. The van der Waals surface area contributed by atoms with Gasteiger partial charge in [0.05, 0.1) is 33.4 Å². The zero-order valence-electron chi connectivity index (χ0n) is 16.9. The van der Waals surface area contributed by atoms with Crippen molar-refractivity contribution in [3.05, 3.63) is 75.4 Å². The van der Waals surface area contributed by atoms with Gasteiger partial charge in [-0.05, 0) is 42.5 Å². The maximum Gasteiger partial charge on any atom is 0.256 e. The number of methoxy groups -OCH3 is 1. The van der Waals surface area contributed by atoms with Crippen LogP contribution in [0.2, 0.25) is 15.1 Å². The van der Waals surface area contributed by atoms with E-state index in [1.807, 2.05) is 10.6 Å². The number of pyridine rings is 1. The van der Waals surface area contributed by atoms with Crippen LogP contribution in [-0.4, -0.2) is 34.2 Å². The highest BCUT2D eigenvalue weighted by atomic mass is 35.5. The molecule has 0 bridgehead atoms. The van der Waals surface area contributed by atoms with E-state index in [1.165, 1.54) is 6.20 Å². The van der Waals surface area contributed by atoms with Gasteiger partial charge in [-0.25, -0.2) is 9.97 Å². The van der Waals surface area contributed by atoms with E-state index < -0.39 is 0 Å². The monoisotopic (exact) mass is 489 g/mol. The van der Waals surface area contributed by atoms with Gasteiger partial charge in [-0.3, -0.25) is 4.79 Å². The highest BCUT2D eigenvalue weighted by Crippen LogP contribution is 2.33. The summed E-state index contributed by atoms with van der Waals surface area (Å²) in [4.78, 5) is 21.5. The van der Waals surface area contributed by atoms with E-state index >= 15 is 0 Å². The second-order valence-electron chi connectivity index (χ2n) is 6.82. The number of rotatable bonds is 7. The van der Waals surface area contributed by atoms with Gasteiger partial charge in [0.25, 0.3) is 5.91 Å². The van der Waals surface area contributed by atoms with Gasteiger partial charge in [-0.2, -0.15) is 0 Å². The Morgan fingerprint density at radius 1 is 1.09 bits per heavy atom. The molecule has 0 atom stereocenters. The van der Waals surface area contributed by atoms with E-state index in [9.17, 15) is 4.79 Å². The molecule has 0 spiro atoms. The number of ether oxygens (including phenoxy) is 1. The van der Waals surface area contributed by atoms with Crippen molar-refractivity contribution in [3.63, 3.8) is 0 Å². The number of anilines is 3. The first kappa shape index (κ1) is 22.4. The van der Waals surface area contributed by atoms with Crippen molar-refractivity contribution < 1.29 is 9.53 Å². The summed E-state index contributed by atoms with van der Waals surface area (Å²) in [6, 6.07) is 13.7. The molecule has 32 heavy (non-hydrogen) atoms. The molecule has 164 valence electrons. The molecule has 0 saturated heterocycles. The highest BCUT2D eigenvalue weighted by molar-refractivity contribution is 6.39. The molecule has 0 aliphatic carbocycles. The molecule has 2 N–H and O–H groups in total. The Bertz CT molecular complexity index is 1270. The van der Waals surface area contributed by atoms with Crippen molar-refractivity contribution in [2.75, 3.05) is 24.4 Å². The Balaban J connectivity index is 1.69. The van der Waals surface area contributed by atoms with Crippen LogP contribution in [0.25, 0.3) is 11.0 Å². The van der Waals surface area contributed by atoms with Crippen LogP contribution >= 0.6 is 34.8 Å². The number of benzene rings is 2. The number of halogens is 3. The third-order valence-corrected chi connectivity index (χ3v) is 5.56. The molecular weight excluding hydrogens is 473 g/mol.